The standard InChI is InChI=1S/C26H33ClN8O3/c1-14(36)24(28)21(37)10-15-2-4-17(5-3-15)32-23-12-19(31-16-6-7-16)25-30-13-20(35(25)34-23)26(38)33-18-8-9-29-22(27)11-18/h8-9,11-17,24,31,36H,2-7,10,28H2,1H3,(H,32,34)(H,29,33,38)/t14-,15?,17?,24+/m1/s1. The highest BCUT2D eigenvalue weighted by molar-refractivity contribution is 6.29. The summed E-state index contributed by atoms with van der Waals surface area (Å²) in [5.74, 6) is 0.468. The zero-order valence-electron chi connectivity index (χ0n) is 21.2. The number of nitrogens with two attached hydrogens (primary N) is 1. The lowest BCUT2D eigenvalue weighted by molar-refractivity contribution is -0.123. The van der Waals surface area contributed by atoms with Crippen molar-refractivity contribution < 1.29 is 14.7 Å². The molecule has 12 heteroatoms. The molecule has 0 aliphatic heterocycles. The molecule has 3 heterocycles. The fourth-order valence-electron chi connectivity index (χ4n) is 4.83. The second kappa shape index (κ2) is 11.2. The summed E-state index contributed by atoms with van der Waals surface area (Å²) in [4.78, 5) is 33.8. The average Bonchev–Trinajstić information content (AvgIpc) is 3.59. The van der Waals surface area contributed by atoms with E-state index in [4.69, 9.17) is 22.4 Å². The highest BCUT2D eigenvalue weighted by Gasteiger charge is 2.28. The normalized spacial score (nSPS) is 21.1. The monoisotopic (exact) mass is 540 g/mol. The molecular formula is C26H33ClN8O3. The third kappa shape index (κ3) is 6.23. The van der Waals surface area contributed by atoms with E-state index < -0.39 is 12.1 Å². The Bertz CT molecular complexity index is 1320. The number of pyridine rings is 1. The number of halogens is 1. The molecule has 5 rings (SSSR count). The maximum Gasteiger partial charge on any atom is 0.276 e. The third-order valence-corrected chi connectivity index (χ3v) is 7.41. The molecule has 2 fully saturated rings. The van der Waals surface area contributed by atoms with E-state index >= 15 is 0 Å². The first-order valence-electron chi connectivity index (χ1n) is 13.1. The number of nitrogens with one attached hydrogen (secondary N) is 3. The van der Waals surface area contributed by atoms with Crippen LogP contribution in [0.4, 0.5) is 17.2 Å². The Kier molecular flexibility index (Phi) is 7.78. The Morgan fingerprint density at radius 2 is 1.84 bits per heavy atom. The molecule has 0 radical (unpaired) electrons. The van der Waals surface area contributed by atoms with Gasteiger partial charge in [0.15, 0.2) is 17.1 Å². The number of nitrogens with zero attached hydrogens (tertiary/aromatic N) is 4. The zero-order chi connectivity index (χ0) is 26.8. The van der Waals surface area contributed by atoms with Gasteiger partial charge in [-0.2, -0.15) is 0 Å². The molecule has 0 unspecified atom stereocenters. The van der Waals surface area contributed by atoms with E-state index in [0.29, 0.717) is 35.3 Å². The first-order chi connectivity index (χ1) is 18.3. The number of fused-ring (bicyclic) bond motifs is 1. The summed E-state index contributed by atoms with van der Waals surface area (Å²) in [7, 11) is 0. The van der Waals surface area contributed by atoms with Gasteiger partial charge in [-0.15, -0.1) is 5.10 Å². The van der Waals surface area contributed by atoms with Crippen LogP contribution in [0, 0.1) is 5.92 Å². The lowest BCUT2D eigenvalue weighted by Gasteiger charge is -2.30. The highest BCUT2D eigenvalue weighted by Crippen LogP contribution is 2.32. The van der Waals surface area contributed by atoms with E-state index in [1.807, 2.05) is 6.07 Å². The van der Waals surface area contributed by atoms with Crippen LogP contribution in [0.15, 0.2) is 30.6 Å². The van der Waals surface area contributed by atoms with Crippen molar-refractivity contribution in [1.82, 2.24) is 19.6 Å². The second-order valence-corrected chi connectivity index (χ2v) is 10.7. The summed E-state index contributed by atoms with van der Waals surface area (Å²) in [5, 5.41) is 24.5. The van der Waals surface area contributed by atoms with Crippen LogP contribution in [0.3, 0.4) is 0 Å². The number of rotatable bonds is 10. The van der Waals surface area contributed by atoms with Crippen molar-refractivity contribution in [1.29, 1.82) is 0 Å². The van der Waals surface area contributed by atoms with Gasteiger partial charge in [-0.05, 0) is 63.5 Å². The van der Waals surface area contributed by atoms with Gasteiger partial charge in [0.05, 0.1) is 24.0 Å². The van der Waals surface area contributed by atoms with Crippen LogP contribution >= 0.6 is 11.6 Å². The third-order valence-electron chi connectivity index (χ3n) is 7.20. The second-order valence-electron chi connectivity index (χ2n) is 10.4. The number of hydrogen-bond donors (Lipinski definition) is 5. The molecule has 202 valence electrons. The van der Waals surface area contributed by atoms with Gasteiger partial charge in [0.25, 0.3) is 5.91 Å². The lowest BCUT2D eigenvalue weighted by atomic mass is 9.82. The van der Waals surface area contributed by atoms with Gasteiger partial charge in [-0.25, -0.2) is 14.5 Å². The minimum absolute atomic E-state index is 0.0840. The molecule has 2 atom stereocenters. The Balaban J connectivity index is 1.30. The van der Waals surface area contributed by atoms with Gasteiger partial charge >= 0.3 is 0 Å². The lowest BCUT2D eigenvalue weighted by Crippen LogP contribution is -2.41. The molecule has 38 heavy (non-hydrogen) atoms. The fraction of sp³-hybridized carbons (Fsp3) is 0.500. The van der Waals surface area contributed by atoms with Gasteiger partial charge < -0.3 is 26.8 Å². The molecule has 2 saturated carbocycles. The highest BCUT2D eigenvalue weighted by atomic mass is 35.5. The maximum atomic E-state index is 13.1. The number of ketones is 1. The van der Waals surface area contributed by atoms with Crippen LogP contribution in [-0.4, -0.2) is 60.6 Å². The molecule has 6 N–H and O–H groups in total. The summed E-state index contributed by atoms with van der Waals surface area (Å²) in [6.07, 6.45) is 8.33. The van der Waals surface area contributed by atoms with Crippen molar-refractivity contribution in [3.05, 3.63) is 41.4 Å². The number of hydrogen-bond acceptors (Lipinski definition) is 9. The summed E-state index contributed by atoms with van der Waals surface area (Å²) in [6, 6.07) is 4.94. The largest absolute Gasteiger partial charge is 0.391 e. The molecule has 3 aromatic rings. The number of imidazole rings is 1. The Hall–Kier alpha value is -3.28. The van der Waals surface area contributed by atoms with E-state index in [9.17, 15) is 14.7 Å². The molecule has 0 saturated heterocycles. The molecular weight excluding hydrogens is 508 g/mol. The molecule has 3 aromatic heterocycles. The van der Waals surface area contributed by atoms with Crippen molar-refractivity contribution >= 4 is 46.1 Å². The summed E-state index contributed by atoms with van der Waals surface area (Å²) >= 11 is 5.96. The first-order valence-corrected chi connectivity index (χ1v) is 13.5. The predicted octanol–water partition coefficient (Wildman–Crippen LogP) is 3.24. The maximum absolute atomic E-state index is 13.1. The van der Waals surface area contributed by atoms with E-state index in [-0.39, 0.29) is 28.8 Å². The van der Waals surface area contributed by atoms with Crippen molar-refractivity contribution in [2.75, 3.05) is 16.0 Å². The molecule has 1 amide bonds. The summed E-state index contributed by atoms with van der Waals surface area (Å²) < 4.78 is 1.56. The van der Waals surface area contributed by atoms with Gasteiger partial charge in [-0.3, -0.25) is 9.59 Å². The van der Waals surface area contributed by atoms with Crippen molar-refractivity contribution in [2.45, 2.75) is 76.1 Å². The zero-order valence-corrected chi connectivity index (χ0v) is 22.0. The van der Waals surface area contributed by atoms with Gasteiger partial charge in [-0.1, -0.05) is 11.6 Å². The van der Waals surface area contributed by atoms with Gasteiger partial charge in [0.2, 0.25) is 0 Å². The Labute approximate surface area is 225 Å². The molecule has 2 aliphatic rings. The molecule has 2 aliphatic carbocycles. The minimum atomic E-state index is -0.836. The quantitative estimate of drug-likeness (QED) is 0.243. The number of aliphatic hydroxyl groups is 1. The number of Topliss-reactive ketones (excluding diaryl/α,β-unsaturated/α-hetero) is 1. The molecule has 11 nitrogen and oxygen atoms in total. The first kappa shape index (κ1) is 26.3. The van der Waals surface area contributed by atoms with E-state index in [1.54, 1.807) is 23.6 Å². The number of carbonyl (C=O) groups excluding carboxylic acids is 2. The number of aliphatic hydroxyl groups excluding tert-OH is 1. The number of amides is 1. The Morgan fingerprint density at radius 1 is 1.13 bits per heavy atom. The SMILES string of the molecule is C[C@@H](O)[C@H](N)C(=O)CC1CCC(Nc2cc(NC3CC3)c3ncc(C(=O)Nc4ccnc(Cl)c4)n3n2)CC1. The summed E-state index contributed by atoms with van der Waals surface area (Å²) in [5.41, 5.74) is 8.04. The van der Waals surface area contributed by atoms with Gasteiger partial charge in [0, 0.05) is 36.5 Å². The molecule has 0 aromatic carbocycles. The van der Waals surface area contributed by atoms with Crippen LogP contribution in [0.5, 0.6) is 0 Å². The smallest absolute Gasteiger partial charge is 0.276 e. The predicted molar refractivity (Wildman–Crippen MR) is 145 cm³/mol. The van der Waals surface area contributed by atoms with Crippen molar-refractivity contribution in [3.63, 3.8) is 0 Å². The van der Waals surface area contributed by atoms with Crippen LogP contribution in [0.25, 0.3) is 5.65 Å². The van der Waals surface area contributed by atoms with Crippen molar-refractivity contribution in [3.8, 4) is 0 Å². The number of aromatic nitrogens is 4. The fourth-order valence-corrected chi connectivity index (χ4v) is 5.01. The topological polar surface area (TPSA) is 160 Å². The number of carbonyl (C=O) groups is 2. The van der Waals surface area contributed by atoms with E-state index in [1.165, 1.54) is 12.4 Å². The van der Waals surface area contributed by atoms with E-state index in [0.717, 1.165) is 44.2 Å². The van der Waals surface area contributed by atoms with Gasteiger partial charge in [0.1, 0.15) is 11.0 Å². The van der Waals surface area contributed by atoms with Crippen molar-refractivity contribution in [2.24, 2.45) is 11.7 Å². The van der Waals surface area contributed by atoms with E-state index in [2.05, 4.69) is 25.9 Å². The van der Waals surface area contributed by atoms with Crippen LogP contribution < -0.4 is 21.7 Å². The summed E-state index contributed by atoms with van der Waals surface area (Å²) in [6.45, 7) is 1.55. The minimum Gasteiger partial charge on any atom is -0.391 e. The Morgan fingerprint density at radius 3 is 2.53 bits per heavy atom. The van der Waals surface area contributed by atoms with Crippen LogP contribution in [0.1, 0.15) is 62.4 Å². The average molecular weight is 541 g/mol. The molecule has 0 bridgehead atoms. The number of anilines is 3. The van der Waals surface area contributed by atoms with Crippen LogP contribution in [0.2, 0.25) is 5.15 Å². The molecule has 0 spiro atoms. The van der Waals surface area contributed by atoms with Crippen LogP contribution in [-0.2, 0) is 4.79 Å².